The van der Waals surface area contributed by atoms with Crippen LogP contribution in [-0.2, 0) is 6.42 Å². The van der Waals surface area contributed by atoms with Crippen molar-refractivity contribution in [2.45, 2.75) is 77.6 Å². The highest BCUT2D eigenvalue weighted by Gasteiger charge is 2.11. The molecule has 0 fully saturated rings. The number of unbranched alkanes of at least 4 members (excludes halogenated alkanes) is 9. The second-order valence-electron chi connectivity index (χ2n) is 5.65. The van der Waals surface area contributed by atoms with Crippen molar-refractivity contribution < 1.29 is 9.90 Å². The maximum atomic E-state index is 10.9. The van der Waals surface area contributed by atoms with Crippen LogP contribution < -0.4 is 0 Å². The molecule has 4 heteroatoms. The summed E-state index contributed by atoms with van der Waals surface area (Å²) in [6.07, 6.45) is 14.3. The highest BCUT2D eigenvalue weighted by molar-refractivity contribution is 9.11. The number of hydrogen-bond acceptors (Lipinski definition) is 2. The highest BCUT2D eigenvalue weighted by atomic mass is 79.9. The van der Waals surface area contributed by atoms with E-state index in [1.807, 2.05) is 6.07 Å². The molecular formula is C17H27BrO2S. The Morgan fingerprint density at radius 3 is 2.05 bits per heavy atom. The Balaban J connectivity index is 2.03. The molecule has 120 valence electrons. The van der Waals surface area contributed by atoms with Gasteiger partial charge >= 0.3 is 5.97 Å². The van der Waals surface area contributed by atoms with E-state index < -0.39 is 5.97 Å². The highest BCUT2D eigenvalue weighted by Crippen LogP contribution is 2.29. The fourth-order valence-electron chi connectivity index (χ4n) is 2.49. The maximum Gasteiger partial charge on any atom is 0.345 e. The first-order valence-electron chi connectivity index (χ1n) is 8.16. The number of carboxylic acids is 1. The molecule has 0 aliphatic rings. The van der Waals surface area contributed by atoms with Gasteiger partial charge in [0.1, 0.15) is 4.88 Å². The predicted octanol–water partition coefficient (Wildman–Crippen LogP) is 6.67. The molecule has 1 heterocycles. The monoisotopic (exact) mass is 374 g/mol. The lowest BCUT2D eigenvalue weighted by atomic mass is 10.0. The van der Waals surface area contributed by atoms with E-state index in [1.165, 1.54) is 69.1 Å². The standard InChI is InChI=1S/C17H27BrO2S/c1-2-3-4-5-6-7-8-9-10-11-12-14-13-15(17(19)20)21-16(14)18/h13H,2-12H2,1H3,(H,19,20). The van der Waals surface area contributed by atoms with E-state index in [1.54, 1.807) is 0 Å². The fraction of sp³-hybridized carbons (Fsp3) is 0.706. The van der Waals surface area contributed by atoms with Crippen molar-refractivity contribution in [3.63, 3.8) is 0 Å². The largest absolute Gasteiger partial charge is 0.477 e. The zero-order valence-electron chi connectivity index (χ0n) is 13.0. The first kappa shape index (κ1) is 18.7. The van der Waals surface area contributed by atoms with Gasteiger partial charge in [-0.15, -0.1) is 11.3 Å². The molecule has 0 atom stereocenters. The third kappa shape index (κ3) is 8.01. The molecule has 0 aliphatic heterocycles. The SMILES string of the molecule is CCCCCCCCCCCCc1cc(C(=O)O)sc1Br. The smallest absolute Gasteiger partial charge is 0.345 e. The van der Waals surface area contributed by atoms with Crippen LogP contribution in [0, 0.1) is 0 Å². The van der Waals surface area contributed by atoms with Crippen molar-refractivity contribution in [3.05, 3.63) is 20.3 Å². The molecule has 21 heavy (non-hydrogen) atoms. The van der Waals surface area contributed by atoms with Gasteiger partial charge in [0.25, 0.3) is 0 Å². The summed E-state index contributed by atoms with van der Waals surface area (Å²) in [5.74, 6) is -0.824. The zero-order valence-corrected chi connectivity index (χ0v) is 15.4. The molecule has 1 aromatic heterocycles. The molecular weight excluding hydrogens is 348 g/mol. The van der Waals surface area contributed by atoms with Crippen LogP contribution in [-0.4, -0.2) is 11.1 Å². The third-order valence-corrected chi connectivity index (χ3v) is 5.72. The topological polar surface area (TPSA) is 37.3 Å². The van der Waals surface area contributed by atoms with E-state index in [0.29, 0.717) is 4.88 Å². The Labute approximate surface area is 141 Å². The predicted molar refractivity (Wildman–Crippen MR) is 94.5 cm³/mol. The zero-order chi connectivity index (χ0) is 15.5. The van der Waals surface area contributed by atoms with Crippen molar-refractivity contribution in [2.75, 3.05) is 0 Å². The molecule has 0 amide bonds. The number of rotatable bonds is 12. The van der Waals surface area contributed by atoms with E-state index in [-0.39, 0.29) is 0 Å². The van der Waals surface area contributed by atoms with E-state index >= 15 is 0 Å². The van der Waals surface area contributed by atoms with Crippen molar-refractivity contribution in [3.8, 4) is 0 Å². The fourth-order valence-corrected chi connectivity index (χ4v) is 4.09. The van der Waals surface area contributed by atoms with Crippen LogP contribution in [0.3, 0.4) is 0 Å². The normalized spacial score (nSPS) is 11.0. The Morgan fingerprint density at radius 1 is 1.05 bits per heavy atom. The second kappa shape index (κ2) is 11.2. The maximum absolute atomic E-state index is 10.9. The van der Waals surface area contributed by atoms with Crippen LogP contribution in [0.5, 0.6) is 0 Å². The van der Waals surface area contributed by atoms with Crippen molar-refractivity contribution in [1.29, 1.82) is 0 Å². The van der Waals surface area contributed by atoms with E-state index in [4.69, 9.17) is 5.11 Å². The minimum absolute atomic E-state index is 0.434. The summed E-state index contributed by atoms with van der Waals surface area (Å²) in [4.78, 5) is 11.3. The molecule has 0 bridgehead atoms. The van der Waals surface area contributed by atoms with Gasteiger partial charge in [-0.1, -0.05) is 64.7 Å². The van der Waals surface area contributed by atoms with E-state index in [2.05, 4.69) is 22.9 Å². The van der Waals surface area contributed by atoms with Crippen molar-refractivity contribution in [2.24, 2.45) is 0 Å². The van der Waals surface area contributed by atoms with E-state index in [9.17, 15) is 4.79 Å². The third-order valence-electron chi connectivity index (χ3n) is 3.77. The number of carbonyl (C=O) groups is 1. The van der Waals surface area contributed by atoms with Gasteiger partial charge in [0, 0.05) is 0 Å². The Kier molecular flexibility index (Phi) is 10.0. The quantitative estimate of drug-likeness (QED) is 0.414. The molecule has 0 radical (unpaired) electrons. The minimum Gasteiger partial charge on any atom is -0.477 e. The van der Waals surface area contributed by atoms with Gasteiger partial charge in [-0.25, -0.2) is 4.79 Å². The van der Waals surface area contributed by atoms with Crippen LogP contribution in [0.15, 0.2) is 9.85 Å². The molecule has 1 rings (SSSR count). The molecule has 2 nitrogen and oxygen atoms in total. The van der Waals surface area contributed by atoms with E-state index in [0.717, 1.165) is 22.2 Å². The molecule has 0 aromatic carbocycles. The van der Waals surface area contributed by atoms with Gasteiger partial charge in [0.2, 0.25) is 0 Å². The number of halogens is 1. The van der Waals surface area contributed by atoms with Gasteiger partial charge in [-0.2, -0.15) is 0 Å². The van der Waals surface area contributed by atoms with Gasteiger partial charge in [-0.05, 0) is 40.4 Å². The van der Waals surface area contributed by atoms with Gasteiger partial charge in [0.05, 0.1) is 3.79 Å². The number of carboxylic acid groups (broad SMARTS) is 1. The summed E-state index contributed by atoms with van der Waals surface area (Å²) in [6, 6.07) is 1.81. The summed E-state index contributed by atoms with van der Waals surface area (Å²) < 4.78 is 0.982. The van der Waals surface area contributed by atoms with Crippen LogP contribution >= 0.6 is 27.3 Å². The van der Waals surface area contributed by atoms with Gasteiger partial charge < -0.3 is 5.11 Å². The summed E-state index contributed by atoms with van der Waals surface area (Å²) in [7, 11) is 0. The lowest BCUT2D eigenvalue weighted by Crippen LogP contribution is -1.91. The van der Waals surface area contributed by atoms with Crippen LogP contribution in [0.4, 0.5) is 0 Å². The molecule has 0 saturated heterocycles. The Morgan fingerprint density at radius 2 is 1.57 bits per heavy atom. The van der Waals surface area contributed by atoms with Crippen molar-refractivity contribution >= 4 is 33.2 Å². The lowest BCUT2D eigenvalue weighted by Gasteiger charge is -2.02. The summed E-state index contributed by atoms with van der Waals surface area (Å²) >= 11 is 4.79. The van der Waals surface area contributed by atoms with Crippen LogP contribution in [0.1, 0.15) is 86.4 Å². The first-order chi connectivity index (χ1) is 10.1. The molecule has 0 aliphatic carbocycles. The second-order valence-corrected chi connectivity index (χ2v) is 8.02. The van der Waals surface area contributed by atoms with Crippen molar-refractivity contribution in [1.82, 2.24) is 0 Å². The van der Waals surface area contributed by atoms with Gasteiger partial charge in [0.15, 0.2) is 0 Å². The van der Waals surface area contributed by atoms with Crippen LogP contribution in [0.2, 0.25) is 0 Å². The number of thiophene rings is 1. The van der Waals surface area contributed by atoms with Crippen LogP contribution in [0.25, 0.3) is 0 Å². The number of hydrogen-bond donors (Lipinski definition) is 1. The lowest BCUT2D eigenvalue weighted by molar-refractivity contribution is 0.0702. The average molecular weight is 375 g/mol. The first-order valence-corrected chi connectivity index (χ1v) is 9.77. The molecule has 1 aromatic rings. The molecule has 0 saturated carbocycles. The summed E-state index contributed by atoms with van der Waals surface area (Å²) in [5.41, 5.74) is 1.15. The average Bonchev–Trinajstić information content (AvgIpc) is 2.82. The number of aryl methyl sites for hydroxylation is 1. The number of aromatic carboxylic acids is 1. The summed E-state index contributed by atoms with van der Waals surface area (Å²) in [5, 5.41) is 8.96. The summed E-state index contributed by atoms with van der Waals surface area (Å²) in [6.45, 7) is 2.26. The molecule has 1 N–H and O–H groups in total. The molecule has 0 spiro atoms. The Hall–Kier alpha value is -0.350. The molecule has 0 unspecified atom stereocenters. The van der Waals surface area contributed by atoms with Gasteiger partial charge in [-0.3, -0.25) is 0 Å². The Bertz CT molecular complexity index is 415. The minimum atomic E-state index is -0.824.